The van der Waals surface area contributed by atoms with Gasteiger partial charge in [-0.05, 0) is 101 Å². The molecular weight excluding hydrogens is 798 g/mol. The number of methoxy groups -OCH3 is 1. The van der Waals surface area contributed by atoms with Gasteiger partial charge < -0.3 is 25.0 Å². The molecule has 4 aliphatic rings. The molecule has 3 fully saturated rings. The van der Waals surface area contributed by atoms with Crippen LogP contribution in [0.3, 0.4) is 0 Å². The molecule has 15 nitrogen and oxygen atoms in total. The largest absolute Gasteiger partial charge is 0.494 e. The second-order valence-electron chi connectivity index (χ2n) is 16.4. The fraction of sp³-hybridized carbons (Fsp3) is 0.465. The molecule has 2 aromatic heterocycles. The van der Waals surface area contributed by atoms with E-state index in [-0.39, 0.29) is 47.9 Å². The zero-order chi connectivity index (χ0) is 43.0. The van der Waals surface area contributed by atoms with Crippen molar-refractivity contribution in [2.24, 2.45) is 5.92 Å². The summed E-state index contributed by atoms with van der Waals surface area (Å²) in [4.78, 5) is 69.7. The lowest BCUT2D eigenvalue weighted by molar-refractivity contribution is -0.141. The monoisotopic (exact) mass is 844 g/mol. The number of amides is 5. The molecule has 1 atom stereocenters. The minimum Gasteiger partial charge on any atom is -0.494 e. The number of nitrogens with zero attached hydrogens (tertiary/aromatic N) is 5. The number of imide groups is 2. The van der Waals surface area contributed by atoms with Gasteiger partial charge in [0.2, 0.25) is 11.8 Å². The Morgan fingerprint density at radius 3 is 2.49 bits per heavy atom. The molecule has 322 valence electrons. The Hall–Kier alpha value is -5.88. The minimum atomic E-state index is -4.67. The van der Waals surface area contributed by atoms with Crippen LogP contribution < -0.4 is 20.7 Å². The molecule has 18 heteroatoms. The van der Waals surface area contributed by atoms with E-state index in [1.54, 1.807) is 30.3 Å². The number of ether oxygens (including phenoxy) is 2. The Kier molecular flexibility index (Phi) is 11.8. The third-order valence-corrected chi connectivity index (χ3v) is 12.1. The molecule has 8 rings (SSSR count). The van der Waals surface area contributed by atoms with Crippen LogP contribution in [0.5, 0.6) is 5.75 Å². The molecule has 0 radical (unpaired) electrons. The van der Waals surface area contributed by atoms with E-state index in [2.05, 4.69) is 32.9 Å². The maximum atomic E-state index is 13.2. The Morgan fingerprint density at radius 2 is 1.75 bits per heavy atom. The van der Waals surface area contributed by atoms with Crippen LogP contribution in [0.15, 0.2) is 54.7 Å². The topological polar surface area (TPSA) is 177 Å². The molecule has 0 spiro atoms. The predicted octanol–water partition coefficient (Wildman–Crippen LogP) is 5.83. The summed E-state index contributed by atoms with van der Waals surface area (Å²) in [6.45, 7) is 2.57. The van der Waals surface area contributed by atoms with Gasteiger partial charge in [-0.25, -0.2) is 4.98 Å². The number of nitrogens with one attached hydrogen (secondary N) is 3. The summed E-state index contributed by atoms with van der Waals surface area (Å²) < 4.78 is 53.1. The second kappa shape index (κ2) is 17.2. The number of benzene rings is 2. The summed E-state index contributed by atoms with van der Waals surface area (Å²) in [6.07, 6.45) is 4.19. The highest BCUT2D eigenvalue weighted by molar-refractivity contribution is 6.23. The number of carbonyl (C=O) groups excluding carboxylic acids is 5. The fourth-order valence-electron chi connectivity index (χ4n) is 8.76. The van der Waals surface area contributed by atoms with E-state index in [0.717, 1.165) is 86.1 Å². The summed E-state index contributed by atoms with van der Waals surface area (Å²) in [5.74, 6) is -1.99. The first-order chi connectivity index (χ1) is 29.2. The number of fused-ring (bicyclic) bond motifs is 2. The van der Waals surface area contributed by atoms with Crippen LogP contribution in [-0.2, 0) is 20.5 Å². The molecule has 5 amide bonds. The van der Waals surface area contributed by atoms with E-state index in [4.69, 9.17) is 14.6 Å². The number of aromatic nitrogens is 3. The van der Waals surface area contributed by atoms with Crippen LogP contribution in [-0.4, -0.2) is 106 Å². The molecular formula is C43H47F3N8O7. The van der Waals surface area contributed by atoms with Crippen molar-refractivity contribution in [2.75, 3.05) is 44.5 Å². The molecule has 2 aromatic carbocycles. The van der Waals surface area contributed by atoms with Gasteiger partial charge in [0, 0.05) is 55.5 Å². The molecule has 4 heterocycles. The van der Waals surface area contributed by atoms with Crippen molar-refractivity contribution in [1.82, 2.24) is 29.9 Å². The van der Waals surface area contributed by atoms with Gasteiger partial charge in [0.15, 0.2) is 0 Å². The first-order valence-electron chi connectivity index (χ1n) is 20.6. The van der Waals surface area contributed by atoms with Gasteiger partial charge in [-0.15, -0.1) is 0 Å². The third-order valence-electron chi connectivity index (χ3n) is 12.1. The lowest BCUT2D eigenvalue weighted by Gasteiger charge is -2.36. The second-order valence-corrected chi connectivity index (χ2v) is 16.4. The summed E-state index contributed by atoms with van der Waals surface area (Å²) in [6, 6.07) is 11.0. The van der Waals surface area contributed by atoms with E-state index in [1.165, 1.54) is 13.2 Å². The normalized spacial score (nSPS) is 22.9. The third kappa shape index (κ3) is 9.10. The van der Waals surface area contributed by atoms with E-state index in [9.17, 15) is 37.1 Å². The number of hydrogen-bond acceptors (Lipinski definition) is 11. The molecule has 3 N–H and O–H groups in total. The molecule has 1 saturated heterocycles. The molecule has 2 saturated carbocycles. The van der Waals surface area contributed by atoms with Gasteiger partial charge >= 0.3 is 6.18 Å². The number of carbonyl (C=O) groups is 5. The highest BCUT2D eigenvalue weighted by Gasteiger charge is 2.45. The van der Waals surface area contributed by atoms with Gasteiger partial charge in [0.1, 0.15) is 23.2 Å². The van der Waals surface area contributed by atoms with Crippen molar-refractivity contribution < 1.29 is 46.6 Å². The van der Waals surface area contributed by atoms with E-state index < -0.39 is 47.4 Å². The lowest BCUT2D eigenvalue weighted by atomic mass is 9.86. The average Bonchev–Trinajstić information content (AvgIpc) is 3.74. The number of halogens is 3. The van der Waals surface area contributed by atoms with E-state index in [0.29, 0.717) is 29.5 Å². The Bertz CT molecular complexity index is 2360. The molecule has 1 unspecified atom stereocenters. The average molecular weight is 845 g/mol. The van der Waals surface area contributed by atoms with Gasteiger partial charge in [0.25, 0.3) is 17.7 Å². The Balaban J connectivity index is 0.738. The summed E-state index contributed by atoms with van der Waals surface area (Å²) >= 11 is 0. The molecule has 4 aromatic rings. The van der Waals surface area contributed by atoms with Crippen molar-refractivity contribution >= 4 is 51.8 Å². The molecule has 2 aliphatic carbocycles. The highest BCUT2D eigenvalue weighted by atomic mass is 19.4. The molecule has 2 aliphatic heterocycles. The summed E-state index contributed by atoms with van der Waals surface area (Å²) in [7, 11) is 3.59. The van der Waals surface area contributed by atoms with Gasteiger partial charge in [-0.3, -0.25) is 38.9 Å². The van der Waals surface area contributed by atoms with E-state index >= 15 is 0 Å². The zero-order valence-corrected chi connectivity index (χ0v) is 33.8. The van der Waals surface area contributed by atoms with Crippen molar-refractivity contribution in [3.63, 3.8) is 0 Å². The van der Waals surface area contributed by atoms with Crippen LogP contribution in [0.1, 0.15) is 101 Å². The first-order valence-corrected chi connectivity index (χ1v) is 20.6. The van der Waals surface area contributed by atoms with Crippen LogP contribution in [0, 0.1) is 5.92 Å². The lowest BCUT2D eigenvalue weighted by Crippen LogP contribution is -2.54. The summed E-state index contributed by atoms with van der Waals surface area (Å²) in [5, 5.41) is 13.9. The van der Waals surface area contributed by atoms with Crippen LogP contribution in [0.25, 0.3) is 10.9 Å². The standard InChI is InChI=1S/C43H47F3N8O7/c1-52(15-4-16-61-29-18-27(19-29)47-26-9-12-30-31(20-26)42(59)54(41(30)58)35-13-14-38(55)50-40(35)57)22-24-7-10-28(11-8-24)53-23-25-17-34(36(60-2)21-33(25)51-53)49-39(56)32-5-3-6-37(48-32)43(44,45)46/h3,5-6,9,12,17,20-21,23-24,27-29,35,47H,4,7-8,10-11,13-16,18-19,22H2,1-2H3,(H,49,56)(H,50,55,57). The van der Waals surface area contributed by atoms with Crippen molar-refractivity contribution in [2.45, 2.75) is 88.2 Å². The highest BCUT2D eigenvalue weighted by Crippen LogP contribution is 2.37. The number of anilines is 2. The SMILES string of the molecule is COc1cc2nn(C3CCC(CN(C)CCCOC4CC(Nc5ccc6c(c5)C(=O)N(C5CCC(=O)NC5=O)C6=O)C4)CC3)cc2cc1NC(=O)c1cccc(C(F)(F)F)n1. The Morgan fingerprint density at radius 1 is 0.984 bits per heavy atom. The van der Waals surface area contributed by atoms with Gasteiger partial charge in [-0.1, -0.05) is 6.07 Å². The smallest absolute Gasteiger partial charge is 0.433 e. The van der Waals surface area contributed by atoms with Crippen LogP contribution in [0.4, 0.5) is 24.5 Å². The van der Waals surface area contributed by atoms with Crippen molar-refractivity contribution in [3.05, 3.63) is 77.2 Å². The number of piperidine rings is 1. The van der Waals surface area contributed by atoms with Crippen LogP contribution >= 0.6 is 0 Å². The minimum absolute atomic E-state index is 0.0725. The summed E-state index contributed by atoms with van der Waals surface area (Å²) in [5.41, 5.74) is 0.704. The van der Waals surface area contributed by atoms with Crippen molar-refractivity contribution in [3.8, 4) is 5.75 Å². The zero-order valence-electron chi connectivity index (χ0n) is 33.8. The van der Waals surface area contributed by atoms with Crippen molar-refractivity contribution in [1.29, 1.82) is 0 Å². The number of hydrogen-bond donors (Lipinski definition) is 3. The molecule has 0 bridgehead atoms. The van der Waals surface area contributed by atoms with E-state index in [1.807, 2.05) is 10.9 Å². The quantitative estimate of drug-likeness (QED) is 0.103. The first kappa shape index (κ1) is 41.8. The Labute approximate surface area is 349 Å². The van der Waals surface area contributed by atoms with Gasteiger partial charge in [-0.2, -0.15) is 18.3 Å². The van der Waals surface area contributed by atoms with Gasteiger partial charge in [0.05, 0.1) is 41.6 Å². The number of pyridine rings is 1. The maximum absolute atomic E-state index is 13.2. The number of alkyl halides is 3. The predicted molar refractivity (Wildman–Crippen MR) is 216 cm³/mol. The fourth-order valence-corrected chi connectivity index (χ4v) is 8.76. The maximum Gasteiger partial charge on any atom is 0.433 e. The number of rotatable bonds is 14. The molecule has 61 heavy (non-hydrogen) atoms. The van der Waals surface area contributed by atoms with Crippen LogP contribution in [0.2, 0.25) is 0 Å².